The van der Waals surface area contributed by atoms with Crippen molar-refractivity contribution < 1.29 is 9.53 Å². The number of methoxy groups -OCH3 is 1. The molecule has 0 aliphatic rings. The summed E-state index contributed by atoms with van der Waals surface area (Å²) in [6.45, 7) is 0. The summed E-state index contributed by atoms with van der Waals surface area (Å²) in [4.78, 5) is 11.2. The van der Waals surface area contributed by atoms with Crippen LogP contribution in [0, 0.1) is 17.2 Å². The number of rotatable bonds is 3. The van der Waals surface area contributed by atoms with Crippen LogP contribution in [0.2, 0.25) is 10.0 Å². The molecular formula is C11H9Cl2NO2. The van der Waals surface area contributed by atoms with E-state index < -0.39 is 11.9 Å². The molecule has 0 radical (unpaired) electrons. The van der Waals surface area contributed by atoms with E-state index in [2.05, 4.69) is 4.74 Å². The van der Waals surface area contributed by atoms with Crippen molar-refractivity contribution in [1.82, 2.24) is 0 Å². The Bertz CT molecular complexity index is 440. The SMILES string of the molecule is COC(=O)C(C#N)Cc1ccc(Cl)cc1Cl. The van der Waals surface area contributed by atoms with Crippen LogP contribution in [0.5, 0.6) is 0 Å². The molecular weight excluding hydrogens is 249 g/mol. The first-order valence-electron chi connectivity index (χ1n) is 4.50. The molecule has 1 unspecified atom stereocenters. The number of ether oxygens (including phenoxy) is 1. The quantitative estimate of drug-likeness (QED) is 0.783. The number of nitrogens with zero attached hydrogens (tertiary/aromatic N) is 1. The number of esters is 1. The van der Waals surface area contributed by atoms with E-state index in [4.69, 9.17) is 28.5 Å². The molecule has 0 amide bonds. The van der Waals surface area contributed by atoms with Gasteiger partial charge in [0.1, 0.15) is 5.92 Å². The van der Waals surface area contributed by atoms with Crippen molar-refractivity contribution in [3.8, 4) is 6.07 Å². The fourth-order valence-electron chi connectivity index (χ4n) is 1.23. The van der Waals surface area contributed by atoms with Crippen molar-refractivity contribution in [1.29, 1.82) is 5.26 Å². The second kappa shape index (κ2) is 5.74. The van der Waals surface area contributed by atoms with Gasteiger partial charge < -0.3 is 4.74 Å². The third-order valence-electron chi connectivity index (χ3n) is 2.08. The monoisotopic (exact) mass is 257 g/mol. The molecule has 0 bridgehead atoms. The van der Waals surface area contributed by atoms with Gasteiger partial charge in [-0.15, -0.1) is 0 Å². The van der Waals surface area contributed by atoms with Crippen LogP contribution in [0.15, 0.2) is 18.2 Å². The zero-order valence-corrected chi connectivity index (χ0v) is 10.0. The van der Waals surface area contributed by atoms with Gasteiger partial charge in [-0.05, 0) is 17.7 Å². The summed E-state index contributed by atoms with van der Waals surface area (Å²) in [5.41, 5.74) is 0.697. The lowest BCUT2D eigenvalue weighted by molar-refractivity contribution is -0.143. The molecule has 1 rings (SSSR count). The summed E-state index contributed by atoms with van der Waals surface area (Å²) in [6, 6.07) is 6.80. The zero-order chi connectivity index (χ0) is 12.1. The molecule has 16 heavy (non-hydrogen) atoms. The average molecular weight is 258 g/mol. The summed E-state index contributed by atoms with van der Waals surface area (Å²) in [6.07, 6.45) is 0.221. The highest BCUT2D eigenvalue weighted by molar-refractivity contribution is 6.35. The smallest absolute Gasteiger partial charge is 0.323 e. The summed E-state index contributed by atoms with van der Waals surface area (Å²) in [5.74, 6) is -1.41. The van der Waals surface area contributed by atoms with E-state index >= 15 is 0 Å². The Morgan fingerprint density at radius 3 is 2.75 bits per heavy atom. The molecule has 84 valence electrons. The van der Waals surface area contributed by atoms with E-state index in [1.165, 1.54) is 7.11 Å². The maximum Gasteiger partial charge on any atom is 0.323 e. The first-order valence-corrected chi connectivity index (χ1v) is 5.25. The minimum absolute atomic E-state index is 0.221. The van der Waals surface area contributed by atoms with Crippen LogP contribution < -0.4 is 0 Å². The van der Waals surface area contributed by atoms with E-state index in [0.717, 1.165) is 0 Å². The van der Waals surface area contributed by atoms with Gasteiger partial charge in [-0.1, -0.05) is 29.3 Å². The van der Waals surface area contributed by atoms with Crippen molar-refractivity contribution in [2.24, 2.45) is 5.92 Å². The molecule has 0 saturated heterocycles. The molecule has 0 fully saturated rings. The molecule has 0 aromatic heterocycles. The summed E-state index contributed by atoms with van der Waals surface area (Å²) < 4.78 is 4.51. The van der Waals surface area contributed by atoms with Gasteiger partial charge in [-0.3, -0.25) is 4.79 Å². The molecule has 0 aliphatic carbocycles. The van der Waals surface area contributed by atoms with E-state index in [-0.39, 0.29) is 6.42 Å². The van der Waals surface area contributed by atoms with Gasteiger partial charge in [-0.25, -0.2) is 0 Å². The maximum absolute atomic E-state index is 11.2. The van der Waals surface area contributed by atoms with Gasteiger partial charge in [0.25, 0.3) is 0 Å². The van der Waals surface area contributed by atoms with Crippen LogP contribution in [0.25, 0.3) is 0 Å². The van der Waals surface area contributed by atoms with Gasteiger partial charge in [0.2, 0.25) is 0 Å². The Labute approximate surface area is 104 Å². The number of nitriles is 1. The third kappa shape index (κ3) is 3.13. The van der Waals surface area contributed by atoms with E-state index in [9.17, 15) is 4.79 Å². The number of hydrogen-bond acceptors (Lipinski definition) is 3. The van der Waals surface area contributed by atoms with Crippen molar-refractivity contribution in [2.75, 3.05) is 7.11 Å². The van der Waals surface area contributed by atoms with Crippen molar-refractivity contribution in [3.63, 3.8) is 0 Å². The van der Waals surface area contributed by atoms with Crippen molar-refractivity contribution >= 4 is 29.2 Å². The molecule has 5 heteroatoms. The minimum atomic E-state index is -0.844. The van der Waals surface area contributed by atoms with Crippen LogP contribution in [0.1, 0.15) is 5.56 Å². The normalized spacial score (nSPS) is 11.6. The van der Waals surface area contributed by atoms with E-state index in [1.807, 2.05) is 6.07 Å². The standard InChI is InChI=1S/C11H9Cl2NO2/c1-16-11(15)8(6-14)4-7-2-3-9(12)5-10(7)13/h2-3,5,8H,4H2,1H3. The molecule has 0 saturated carbocycles. The van der Waals surface area contributed by atoms with Gasteiger partial charge >= 0.3 is 5.97 Å². The Morgan fingerprint density at radius 1 is 1.56 bits per heavy atom. The zero-order valence-electron chi connectivity index (χ0n) is 8.54. The molecule has 0 N–H and O–H groups in total. The van der Waals surface area contributed by atoms with Crippen molar-refractivity contribution in [2.45, 2.75) is 6.42 Å². The molecule has 1 aromatic rings. The Kier molecular flexibility index (Phi) is 4.60. The number of hydrogen-bond donors (Lipinski definition) is 0. The molecule has 0 heterocycles. The number of halogens is 2. The first kappa shape index (κ1) is 12.8. The Morgan fingerprint density at radius 2 is 2.25 bits per heavy atom. The molecule has 1 atom stereocenters. The Hall–Kier alpha value is -1.24. The van der Waals surface area contributed by atoms with E-state index in [1.54, 1.807) is 18.2 Å². The van der Waals surface area contributed by atoms with Crippen LogP contribution in [-0.4, -0.2) is 13.1 Å². The van der Waals surface area contributed by atoms with Crippen LogP contribution in [0.4, 0.5) is 0 Å². The lowest BCUT2D eigenvalue weighted by atomic mass is 10.0. The second-order valence-corrected chi connectivity index (χ2v) is 3.99. The first-order chi connectivity index (χ1) is 7.58. The van der Waals surface area contributed by atoms with Crippen molar-refractivity contribution in [3.05, 3.63) is 33.8 Å². The minimum Gasteiger partial charge on any atom is -0.468 e. The van der Waals surface area contributed by atoms with Gasteiger partial charge in [0, 0.05) is 16.5 Å². The highest BCUT2D eigenvalue weighted by Crippen LogP contribution is 2.23. The number of carbonyl (C=O) groups excluding carboxylic acids is 1. The number of carbonyl (C=O) groups is 1. The maximum atomic E-state index is 11.2. The summed E-state index contributed by atoms with van der Waals surface area (Å²) >= 11 is 11.7. The molecule has 1 aromatic carbocycles. The van der Waals surface area contributed by atoms with Crippen LogP contribution in [-0.2, 0) is 16.0 Å². The summed E-state index contributed by atoms with van der Waals surface area (Å²) in [7, 11) is 1.25. The number of benzene rings is 1. The highest BCUT2D eigenvalue weighted by atomic mass is 35.5. The Balaban J connectivity index is 2.87. The average Bonchev–Trinajstić information content (AvgIpc) is 2.27. The fourth-order valence-corrected chi connectivity index (χ4v) is 1.72. The predicted molar refractivity (Wildman–Crippen MR) is 61.3 cm³/mol. The van der Waals surface area contributed by atoms with Gasteiger partial charge in [0.15, 0.2) is 0 Å². The topological polar surface area (TPSA) is 50.1 Å². The van der Waals surface area contributed by atoms with Gasteiger partial charge in [0.05, 0.1) is 13.2 Å². The van der Waals surface area contributed by atoms with Crippen LogP contribution >= 0.6 is 23.2 Å². The van der Waals surface area contributed by atoms with E-state index in [0.29, 0.717) is 15.6 Å². The molecule has 0 spiro atoms. The third-order valence-corrected chi connectivity index (χ3v) is 2.67. The summed E-state index contributed by atoms with van der Waals surface area (Å²) in [5, 5.41) is 9.77. The largest absolute Gasteiger partial charge is 0.468 e. The fraction of sp³-hybridized carbons (Fsp3) is 0.273. The lowest BCUT2D eigenvalue weighted by Crippen LogP contribution is -2.16. The van der Waals surface area contributed by atoms with Crippen LogP contribution in [0.3, 0.4) is 0 Å². The highest BCUT2D eigenvalue weighted by Gasteiger charge is 2.20. The lowest BCUT2D eigenvalue weighted by Gasteiger charge is -2.08. The second-order valence-electron chi connectivity index (χ2n) is 3.14. The molecule has 3 nitrogen and oxygen atoms in total. The van der Waals surface area contributed by atoms with Gasteiger partial charge in [-0.2, -0.15) is 5.26 Å². The predicted octanol–water partition coefficient (Wildman–Crippen LogP) is 2.85. The molecule has 0 aliphatic heterocycles.